The Bertz CT molecular complexity index is 605. The third-order valence-electron chi connectivity index (χ3n) is 2.37. The highest BCUT2D eigenvalue weighted by Gasteiger charge is 2.08. The highest BCUT2D eigenvalue weighted by molar-refractivity contribution is 9.10. The largest absolute Gasteiger partial charge is 0.375 e. The third-order valence-corrected chi connectivity index (χ3v) is 3.13. The number of nitrogens with zero attached hydrogens (tertiary/aromatic N) is 5. The molecule has 0 aromatic carbocycles. The predicted octanol–water partition coefficient (Wildman–Crippen LogP) is 0.766. The SMILES string of the molecule is CCn1ncc(NCc2ncn(C)n2)c(Br)c1=O. The van der Waals surface area contributed by atoms with Crippen LogP contribution in [-0.2, 0) is 20.1 Å². The molecule has 0 aliphatic rings. The molecule has 0 aliphatic heterocycles. The van der Waals surface area contributed by atoms with Crippen molar-refractivity contribution >= 4 is 21.6 Å². The van der Waals surface area contributed by atoms with Gasteiger partial charge in [-0.05, 0) is 22.9 Å². The number of nitrogens with one attached hydrogen (secondary N) is 1. The van der Waals surface area contributed by atoms with Crippen LogP contribution >= 0.6 is 15.9 Å². The van der Waals surface area contributed by atoms with E-state index in [2.05, 4.69) is 36.4 Å². The number of halogens is 1. The smallest absolute Gasteiger partial charge is 0.283 e. The van der Waals surface area contributed by atoms with E-state index in [4.69, 9.17) is 0 Å². The molecule has 7 nitrogen and oxygen atoms in total. The molecule has 2 aromatic heterocycles. The summed E-state index contributed by atoms with van der Waals surface area (Å²) in [5, 5.41) is 11.2. The number of hydrogen-bond donors (Lipinski definition) is 1. The normalized spacial score (nSPS) is 10.6. The molecular weight excluding hydrogens is 300 g/mol. The van der Waals surface area contributed by atoms with Crippen LogP contribution in [0.25, 0.3) is 0 Å². The van der Waals surface area contributed by atoms with Crippen molar-refractivity contribution < 1.29 is 0 Å². The molecule has 0 fully saturated rings. The van der Waals surface area contributed by atoms with Gasteiger partial charge >= 0.3 is 0 Å². The minimum atomic E-state index is -0.156. The van der Waals surface area contributed by atoms with Crippen LogP contribution < -0.4 is 10.9 Å². The molecule has 18 heavy (non-hydrogen) atoms. The Kier molecular flexibility index (Phi) is 3.75. The summed E-state index contributed by atoms with van der Waals surface area (Å²) in [7, 11) is 1.80. The second kappa shape index (κ2) is 5.30. The van der Waals surface area contributed by atoms with Crippen molar-refractivity contribution in [2.24, 2.45) is 7.05 Å². The minimum absolute atomic E-state index is 0.156. The van der Waals surface area contributed by atoms with E-state index in [9.17, 15) is 4.79 Å². The maximum absolute atomic E-state index is 11.8. The number of aryl methyl sites for hydroxylation is 2. The zero-order valence-corrected chi connectivity index (χ0v) is 11.7. The first-order chi connectivity index (χ1) is 8.61. The lowest BCUT2D eigenvalue weighted by Crippen LogP contribution is -2.23. The first-order valence-corrected chi connectivity index (χ1v) is 6.25. The van der Waals surface area contributed by atoms with E-state index in [1.54, 1.807) is 24.3 Å². The van der Waals surface area contributed by atoms with E-state index < -0.39 is 0 Å². The molecule has 0 spiro atoms. The average molecular weight is 313 g/mol. The van der Waals surface area contributed by atoms with Gasteiger partial charge in [-0.2, -0.15) is 10.2 Å². The van der Waals surface area contributed by atoms with Gasteiger partial charge in [-0.1, -0.05) is 0 Å². The van der Waals surface area contributed by atoms with Crippen molar-refractivity contribution in [1.29, 1.82) is 0 Å². The molecule has 1 N–H and O–H groups in total. The van der Waals surface area contributed by atoms with Gasteiger partial charge in [0.1, 0.15) is 10.8 Å². The molecule has 0 bridgehead atoms. The lowest BCUT2D eigenvalue weighted by atomic mass is 10.4. The standard InChI is InChI=1S/C10H13BrN6O/c1-3-17-10(18)9(11)7(4-14-17)12-5-8-13-6-16(2)15-8/h4,6,12H,3,5H2,1-2H3. The second-order valence-corrected chi connectivity index (χ2v) is 4.47. The molecule has 2 heterocycles. The van der Waals surface area contributed by atoms with Crippen molar-refractivity contribution in [2.75, 3.05) is 5.32 Å². The molecule has 0 radical (unpaired) electrons. The van der Waals surface area contributed by atoms with Crippen LogP contribution in [0.2, 0.25) is 0 Å². The van der Waals surface area contributed by atoms with Crippen LogP contribution in [0, 0.1) is 0 Å². The molecule has 0 unspecified atom stereocenters. The molecule has 0 saturated carbocycles. The summed E-state index contributed by atoms with van der Waals surface area (Å²) in [6.07, 6.45) is 3.23. The Morgan fingerprint density at radius 3 is 2.89 bits per heavy atom. The second-order valence-electron chi connectivity index (χ2n) is 3.68. The predicted molar refractivity (Wildman–Crippen MR) is 70.2 cm³/mol. The van der Waals surface area contributed by atoms with Gasteiger partial charge in [0.25, 0.3) is 5.56 Å². The first kappa shape index (κ1) is 12.7. The van der Waals surface area contributed by atoms with Crippen molar-refractivity contribution in [1.82, 2.24) is 24.5 Å². The summed E-state index contributed by atoms with van der Waals surface area (Å²) in [5.74, 6) is 0.657. The molecule has 0 saturated heterocycles. The Balaban J connectivity index is 2.15. The van der Waals surface area contributed by atoms with Crippen LogP contribution in [0.1, 0.15) is 12.7 Å². The van der Waals surface area contributed by atoms with Crippen LogP contribution in [0.3, 0.4) is 0 Å². The highest BCUT2D eigenvalue weighted by Crippen LogP contribution is 2.16. The van der Waals surface area contributed by atoms with E-state index in [1.807, 2.05) is 6.92 Å². The molecular formula is C10H13BrN6O. The number of anilines is 1. The Morgan fingerprint density at radius 2 is 2.28 bits per heavy atom. The molecule has 2 rings (SSSR count). The number of hydrogen-bond acceptors (Lipinski definition) is 5. The van der Waals surface area contributed by atoms with Gasteiger partial charge in [0.2, 0.25) is 0 Å². The van der Waals surface area contributed by atoms with Crippen molar-refractivity contribution in [3.63, 3.8) is 0 Å². The molecule has 8 heteroatoms. The fourth-order valence-corrected chi connectivity index (χ4v) is 1.90. The lowest BCUT2D eigenvalue weighted by Gasteiger charge is -2.07. The zero-order chi connectivity index (χ0) is 13.1. The Hall–Kier alpha value is -1.70. The number of aromatic nitrogens is 5. The summed E-state index contributed by atoms with van der Waals surface area (Å²) < 4.78 is 3.48. The molecule has 0 amide bonds. The van der Waals surface area contributed by atoms with Gasteiger partial charge in [-0.15, -0.1) is 0 Å². The monoisotopic (exact) mass is 312 g/mol. The van der Waals surface area contributed by atoms with Gasteiger partial charge in [-0.25, -0.2) is 9.67 Å². The fourth-order valence-electron chi connectivity index (χ4n) is 1.45. The maximum atomic E-state index is 11.8. The van der Waals surface area contributed by atoms with E-state index in [0.717, 1.165) is 0 Å². The van der Waals surface area contributed by atoms with Crippen molar-refractivity contribution in [2.45, 2.75) is 20.0 Å². The number of rotatable bonds is 4. The lowest BCUT2D eigenvalue weighted by molar-refractivity contribution is 0.612. The molecule has 96 valence electrons. The third kappa shape index (κ3) is 2.58. The van der Waals surface area contributed by atoms with E-state index in [0.29, 0.717) is 29.1 Å². The van der Waals surface area contributed by atoms with Gasteiger partial charge in [-0.3, -0.25) is 9.48 Å². The molecule has 0 atom stereocenters. The highest BCUT2D eigenvalue weighted by atomic mass is 79.9. The van der Waals surface area contributed by atoms with Crippen LogP contribution in [0.4, 0.5) is 5.69 Å². The summed E-state index contributed by atoms with van der Waals surface area (Å²) in [4.78, 5) is 15.9. The van der Waals surface area contributed by atoms with Crippen LogP contribution in [0.5, 0.6) is 0 Å². The summed E-state index contributed by atoms with van der Waals surface area (Å²) in [6, 6.07) is 0. The van der Waals surface area contributed by atoms with E-state index in [-0.39, 0.29) is 5.56 Å². The average Bonchev–Trinajstić information content (AvgIpc) is 2.77. The van der Waals surface area contributed by atoms with Gasteiger partial charge in [0.15, 0.2) is 5.82 Å². The van der Waals surface area contributed by atoms with Gasteiger partial charge in [0, 0.05) is 13.6 Å². The minimum Gasteiger partial charge on any atom is -0.375 e. The van der Waals surface area contributed by atoms with Crippen molar-refractivity contribution in [3.05, 3.63) is 33.2 Å². The molecule has 0 aliphatic carbocycles. The van der Waals surface area contributed by atoms with E-state index >= 15 is 0 Å². The van der Waals surface area contributed by atoms with Gasteiger partial charge in [0.05, 0.1) is 18.4 Å². The van der Waals surface area contributed by atoms with Crippen molar-refractivity contribution in [3.8, 4) is 0 Å². The van der Waals surface area contributed by atoms with Crippen LogP contribution in [0.15, 0.2) is 21.8 Å². The maximum Gasteiger partial charge on any atom is 0.283 e. The fraction of sp³-hybridized carbons (Fsp3) is 0.400. The summed E-state index contributed by atoms with van der Waals surface area (Å²) >= 11 is 3.27. The quantitative estimate of drug-likeness (QED) is 0.902. The van der Waals surface area contributed by atoms with Crippen LogP contribution in [-0.4, -0.2) is 24.5 Å². The van der Waals surface area contributed by atoms with E-state index in [1.165, 1.54) is 4.68 Å². The molecule has 2 aromatic rings. The Labute approximate surface area is 112 Å². The topological polar surface area (TPSA) is 77.6 Å². The van der Waals surface area contributed by atoms with Gasteiger partial charge < -0.3 is 5.32 Å². The summed E-state index contributed by atoms with van der Waals surface area (Å²) in [6.45, 7) is 2.85. The zero-order valence-electron chi connectivity index (χ0n) is 10.1. The first-order valence-electron chi connectivity index (χ1n) is 5.45. The summed E-state index contributed by atoms with van der Waals surface area (Å²) in [5.41, 5.74) is 0.480. The Morgan fingerprint density at radius 1 is 1.50 bits per heavy atom.